The number of amides is 3. The first kappa shape index (κ1) is 35.5. The second kappa shape index (κ2) is 13.6. The Hall–Kier alpha value is -4.95. The number of fused-ring (bicyclic) bond motifs is 6. The number of nitrogens with one attached hydrogen (secondary N) is 3. The lowest BCUT2D eigenvalue weighted by atomic mass is 9.71. The minimum Gasteiger partial charge on any atom is -0.381 e. The van der Waals surface area contributed by atoms with E-state index in [9.17, 15) is 19.2 Å². The molecule has 0 aliphatic carbocycles. The van der Waals surface area contributed by atoms with Gasteiger partial charge in [0.05, 0.1) is 22.2 Å². The number of anilines is 3. The van der Waals surface area contributed by atoms with E-state index in [1.807, 2.05) is 13.0 Å². The molecular weight excluding hydrogens is 727 g/mol. The van der Waals surface area contributed by atoms with Gasteiger partial charge in [0, 0.05) is 79.4 Å². The SMILES string of the molecule is C[C@@H]1CNc2c(sc3ccc4nc(N5CCC(N6CCC7(CCN(c8ccc9c(c8)n(C)c(=O)n9C8CCC(=O)NC8=O)CC7)CC6)CC5)ccc4c23)C(=O)N1. The maximum Gasteiger partial charge on any atom is 0.329 e. The van der Waals surface area contributed by atoms with Crippen LogP contribution in [-0.2, 0) is 16.6 Å². The molecule has 292 valence electrons. The molecule has 3 amide bonds. The van der Waals surface area contributed by atoms with Gasteiger partial charge in [-0.3, -0.25) is 28.8 Å². The normalized spacial score (nSPS) is 23.7. The lowest BCUT2D eigenvalue weighted by molar-refractivity contribution is -0.135. The summed E-state index contributed by atoms with van der Waals surface area (Å²) in [5.74, 6) is 0.343. The summed E-state index contributed by atoms with van der Waals surface area (Å²) in [5, 5.41) is 11.2. The summed E-state index contributed by atoms with van der Waals surface area (Å²) in [6, 6.07) is 14.7. The molecule has 5 aliphatic heterocycles. The number of piperidine rings is 4. The average Bonchev–Trinajstić information content (AvgIpc) is 3.66. The Morgan fingerprint density at radius 1 is 0.839 bits per heavy atom. The van der Waals surface area contributed by atoms with Crippen LogP contribution in [0.4, 0.5) is 17.2 Å². The predicted octanol–water partition coefficient (Wildman–Crippen LogP) is 4.98. The average molecular weight is 776 g/mol. The lowest BCUT2D eigenvalue weighted by Gasteiger charge is -2.50. The number of aryl methyl sites for hydroxylation is 1. The highest BCUT2D eigenvalue weighted by molar-refractivity contribution is 7.21. The van der Waals surface area contributed by atoms with Gasteiger partial charge in [-0.25, -0.2) is 9.78 Å². The Bertz CT molecular complexity index is 2460. The molecule has 2 aromatic carbocycles. The molecule has 14 heteroatoms. The van der Waals surface area contributed by atoms with Crippen LogP contribution in [0, 0.1) is 5.41 Å². The Labute approximate surface area is 329 Å². The highest BCUT2D eigenvalue weighted by Crippen LogP contribution is 2.44. The zero-order valence-electron chi connectivity index (χ0n) is 32.1. The van der Waals surface area contributed by atoms with Gasteiger partial charge in [-0.05, 0) is 113 Å². The number of nitrogens with zero attached hydrogens (tertiary/aromatic N) is 6. The molecule has 1 spiro atoms. The Kier molecular flexibility index (Phi) is 8.62. The molecule has 0 saturated carbocycles. The first-order valence-corrected chi connectivity index (χ1v) is 21.2. The molecule has 4 saturated heterocycles. The molecule has 10 rings (SSSR count). The third-order valence-corrected chi connectivity index (χ3v) is 14.8. The third-order valence-electron chi connectivity index (χ3n) is 13.6. The van der Waals surface area contributed by atoms with Crippen LogP contribution < -0.4 is 31.4 Å². The Morgan fingerprint density at radius 2 is 1.61 bits per heavy atom. The van der Waals surface area contributed by atoms with Crippen LogP contribution in [0.15, 0.2) is 47.3 Å². The lowest BCUT2D eigenvalue weighted by Crippen LogP contribution is -2.52. The Balaban J connectivity index is 0.752. The van der Waals surface area contributed by atoms with Crippen LogP contribution in [0.2, 0.25) is 0 Å². The van der Waals surface area contributed by atoms with Gasteiger partial charge in [0.1, 0.15) is 16.7 Å². The monoisotopic (exact) mass is 775 g/mol. The molecule has 1 unspecified atom stereocenters. The van der Waals surface area contributed by atoms with E-state index in [1.165, 1.54) is 25.7 Å². The van der Waals surface area contributed by atoms with E-state index < -0.39 is 11.9 Å². The van der Waals surface area contributed by atoms with Crippen molar-refractivity contribution >= 4 is 78.3 Å². The van der Waals surface area contributed by atoms with Crippen molar-refractivity contribution in [2.24, 2.45) is 12.5 Å². The molecule has 2 atom stereocenters. The van der Waals surface area contributed by atoms with Crippen molar-refractivity contribution in [1.82, 2.24) is 29.7 Å². The van der Waals surface area contributed by atoms with Gasteiger partial charge in [-0.1, -0.05) is 0 Å². The second-order valence-corrected chi connectivity index (χ2v) is 17.9. The third kappa shape index (κ3) is 5.94. The van der Waals surface area contributed by atoms with Crippen molar-refractivity contribution in [1.29, 1.82) is 0 Å². The highest BCUT2D eigenvalue weighted by Gasteiger charge is 2.40. The molecule has 8 heterocycles. The van der Waals surface area contributed by atoms with Crippen molar-refractivity contribution < 1.29 is 14.4 Å². The number of pyridine rings is 1. The zero-order chi connectivity index (χ0) is 38.3. The van der Waals surface area contributed by atoms with E-state index in [4.69, 9.17) is 4.98 Å². The summed E-state index contributed by atoms with van der Waals surface area (Å²) < 4.78 is 4.29. The van der Waals surface area contributed by atoms with Gasteiger partial charge in [0.25, 0.3) is 5.91 Å². The summed E-state index contributed by atoms with van der Waals surface area (Å²) in [4.78, 5) is 64.1. The van der Waals surface area contributed by atoms with Crippen LogP contribution in [0.5, 0.6) is 0 Å². The van der Waals surface area contributed by atoms with Crippen LogP contribution >= 0.6 is 11.3 Å². The van der Waals surface area contributed by atoms with Gasteiger partial charge in [0.15, 0.2) is 0 Å². The van der Waals surface area contributed by atoms with E-state index in [0.29, 0.717) is 24.4 Å². The van der Waals surface area contributed by atoms with Crippen LogP contribution in [-0.4, -0.2) is 94.6 Å². The van der Waals surface area contributed by atoms with Gasteiger partial charge >= 0.3 is 5.69 Å². The molecule has 3 aromatic heterocycles. The van der Waals surface area contributed by atoms with Crippen molar-refractivity contribution in [2.45, 2.75) is 76.4 Å². The first-order valence-electron chi connectivity index (χ1n) is 20.3. The number of carbonyl (C=O) groups is 3. The van der Waals surface area contributed by atoms with Crippen LogP contribution in [0.25, 0.3) is 32.0 Å². The van der Waals surface area contributed by atoms with E-state index in [2.05, 4.69) is 67.0 Å². The van der Waals surface area contributed by atoms with E-state index in [1.54, 1.807) is 27.5 Å². The van der Waals surface area contributed by atoms with Crippen molar-refractivity contribution in [3.05, 3.63) is 57.8 Å². The first-order chi connectivity index (χ1) is 27.1. The number of aromatic nitrogens is 3. The smallest absolute Gasteiger partial charge is 0.329 e. The molecule has 5 aromatic rings. The minimum absolute atomic E-state index is 0.00278. The van der Waals surface area contributed by atoms with Crippen molar-refractivity contribution in [3.8, 4) is 0 Å². The fourth-order valence-electron chi connectivity index (χ4n) is 10.2. The van der Waals surface area contributed by atoms with Gasteiger partial charge in [-0.15, -0.1) is 11.3 Å². The number of benzene rings is 2. The molecular formula is C42H49N9O4S. The number of likely N-dealkylation sites (tertiary alicyclic amines) is 1. The number of carbonyl (C=O) groups excluding carboxylic acids is 3. The maximum atomic E-state index is 13.3. The quantitative estimate of drug-likeness (QED) is 0.216. The summed E-state index contributed by atoms with van der Waals surface area (Å²) >= 11 is 1.55. The van der Waals surface area contributed by atoms with Crippen LogP contribution in [0.3, 0.4) is 0 Å². The molecule has 56 heavy (non-hydrogen) atoms. The molecule has 3 N–H and O–H groups in total. The number of hydrogen-bond donors (Lipinski definition) is 3. The summed E-state index contributed by atoms with van der Waals surface area (Å²) in [7, 11) is 1.76. The number of rotatable bonds is 4. The predicted molar refractivity (Wildman–Crippen MR) is 221 cm³/mol. The fourth-order valence-corrected chi connectivity index (χ4v) is 11.3. The van der Waals surface area contributed by atoms with Crippen molar-refractivity contribution in [3.63, 3.8) is 0 Å². The van der Waals surface area contributed by atoms with E-state index in [-0.39, 0.29) is 30.0 Å². The molecule has 5 aliphatic rings. The number of imidazole rings is 1. The van der Waals surface area contributed by atoms with Gasteiger partial charge < -0.3 is 25.3 Å². The van der Waals surface area contributed by atoms with E-state index in [0.717, 1.165) is 106 Å². The van der Waals surface area contributed by atoms with Crippen LogP contribution in [0.1, 0.15) is 74.0 Å². The van der Waals surface area contributed by atoms with E-state index >= 15 is 0 Å². The molecule has 4 fully saturated rings. The minimum atomic E-state index is -0.672. The van der Waals surface area contributed by atoms with Crippen molar-refractivity contribution in [2.75, 3.05) is 60.9 Å². The highest BCUT2D eigenvalue weighted by atomic mass is 32.1. The standard InChI is InChI=1S/C42H49N9O4S/c1-25-24-43-37-36-28-4-9-34(45-29(28)5-8-33(36)56-38(37)40(54)44-25)50-17-11-26(12-18-50)48-19-13-42(14-20-48)15-21-49(22-16-42)27-3-6-30-32(23-27)47(2)41(55)51(30)31-7-10-35(52)46-39(31)53/h3-6,8-9,23,25-26,31,43H,7,10-22,24H2,1-2H3,(H,44,54)(H,46,52,53)/t25-,31?/m1/s1. The summed E-state index contributed by atoms with van der Waals surface area (Å²) in [5.41, 5.74) is 4.72. The molecule has 0 bridgehead atoms. The number of hydrogen-bond acceptors (Lipinski definition) is 10. The maximum absolute atomic E-state index is 13.3. The van der Waals surface area contributed by atoms with Gasteiger partial charge in [0.2, 0.25) is 11.8 Å². The summed E-state index contributed by atoms with van der Waals surface area (Å²) in [6.07, 6.45) is 7.68. The number of imide groups is 1. The van der Waals surface area contributed by atoms with Gasteiger partial charge in [-0.2, -0.15) is 0 Å². The molecule has 0 radical (unpaired) electrons. The zero-order valence-corrected chi connectivity index (χ0v) is 32.9. The topological polar surface area (TPSA) is 137 Å². The Morgan fingerprint density at radius 3 is 2.38 bits per heavy atom. The largest absolute Gasteiger partial charge is 0.381 e. The summed E-state index contributed by atoms with van der Waals surface area (Å²) in [6.45, 7) is 9.04. The fraction of sp³-hybridized carbons (Fsp3) is 0.500. The molecule has 13 nitrogen and oxygen atoms in total. The second-order valence-electron chi connectivity index (χ2n) is 16.8. The number of thiophene rings is 1.